The third kappa shape index (κ3) is 2.92. The Balaban J connectivity index is 1.59. The van der Waals surface area contributed by atoms with Crippen molar-refractivity contribution in [2.75, 3.05) is 13.1 Å². The van der Waals surface area contributed by atoms with Crippen LogP contribution in [0.3, 0.4) is 0 Å². The molecule has 0 saturated carbocycles. The molecular formula is C21H19F2N5. The average molecular weight is 379 g/mol. The lowest BCUT2D eigenvalue weighted by atomic mass is 9.93. The van der Waals surface area contributed by atoms with Crippen LogP contribution in [-0.2, 0) is 0 Å². The van der Waals surface area contributed by atoms with Crippen molar-refractivity contribution in [3.05, 3.63) is 59.7 Å². The molecule has 0 atom stereocenters. The van der Waals surface area contributed by atoms with Crippen LogP contribution in [0.2, 0.25) is 0 Å². The standard InChI is InChI=1S/C21H19F2N5/c1-12-10-28-11-15(7-18(23)21(28)25-12)14-6-17(22)16-9-19(26-27-20(16)8-14)13-2-4-24-5-3-13/h6-11,13,24H,2-5H2,1H3. The normalized spacial score (nSPS) is 15.5. The van der Waals surface area contributed by atoms with Gasteiger partial charge in [-0.2, -0.15) is 10.2 Å². The van der Waals surface area contributed by atoms with Crippen LogP contribution in [0.5, 0.6) is 0 Å². The molecule has 28 heavy (non-hydrogen) atoms. The van der Waals surface area contributed by atoms with E-state index < -0.39 is 5.82 Å². The van der Waals surface area contributed by atoms with Gasteiger partial charge in [-0.1, -0.05) is 0 Å². The first-order valence-corrected chi connectivity index (χ1v) is 9.41. The molecule has 5 nitrogen and oxygen atoms in total. The lowest BCUT2D eigenvalue weighted by Gasteiger charge is -2.21. The van der Waals surface area contributed by atoms with Crippen LogP contribution >= 0.6 is 0 Å². The van der Waals surface area contributed by atoms with Gasteiger partial charge in [0, 0.05) is 29.3 Å². The zero-order valence-corrected chi connectivity index (χ0v) is 15.4. The number of aryl methyl sites for hydroxylation is 1. The molecule has 4 aromatic rings. The number of hydrogen-bond donors (Lipinski definition) is 1. The number of nitrogens with one attached hydrogen (secondary N) is 1. The van der Waals surface area contributed by atoms with Crippen molar-refractivity contribution in [3.63, 3.8) is 0 Å². The van der Waals surface area contributed by atoms with Crippen LogP contribution in [0.1, 0.15) is 30.1 Å². The summed E-state index contributed by atoms with van der Waals surface area (Å²) >= 11 is 0. The molecule has 7 heteroatoms. The summed E-state index contributed by atoms with van der Waals surface area (Å²) in [4.78, 5) is 4.16. The van der Waals surface area contributed by atoms with Crippen molar-refractivity contribution in [1.82, 2.24) is 24.9 Å². The Morgan fingerprint density at radius 1 is 0.964 bits per heavy atom. The van der Waals surface area contributed by atoms with E-state index in [1.165, 1.54) is 12.1 Å². The number of fused-ring (bicyclic) bond motifs is 2. The van der Waals surface area contributed by atoms with E-state index >= 15 is 0 Å². The summed E-state index contributed by atoms with van der Waals surface area (Å²) in [6.07, 6.45) is 5.44. The summed E-state index contributed by atoms with van der Waals surface area (Å²) in [5, 5.41) is 12.4. The smallest absolute Gasteiger partial charge is 0.173 e. The third-order valence-electron chi connectivity index (χ3n) is 5.39. The number of aromatic nitrogens is 4. The molecule has 142 valence electrons. The molecule has 3 aromatic heterocycles. The highest BCUT2D eigenvalue weighted by Gasteiger charge is 2.19. The first-order chi connectivity index (χ1) is 13.6. The quantitative estimate of drug-likeness (QED) is 0.572. The monoisotopic (exact) mass is 379 g/mol. The van der Waals surface area contributed by atoms with Gasteiger partial charge in [0.25, 0.3) is 0 Å². The SMILES string of the molecule is Cc1cn2cc(-c3cc(F)c4cc(C5CCNCC5)nnc4c3)cc(F)c2n1. The number of hydrogen-bond acceptors (Lipinski definition) is 4. The largest absolute Gasteiger partial charge is 0.317 e. The first kappa shape index (κ1) is 17.2. The van der Waals surface area contributed by atoms with Crippen molar-refractivity contribution in [3.8, 4) is 11.1 Å². The Labute approximate surface area is 160 Å². The number of rotatable bonds is 2. The molecule has 1 aliphatic heterocycles. The molecule has 1 aliphatic rings. The second-order valence-electron chi connectivity index (χ2n) is 7.37. The van der Waals surface area contributed by atoms with E-state index in [2.05, 4.69) is 20.5 Å². The molecule has 0 unspecified atom stereocenters. The number of nitrogens with zero attached hydrogens (tertiary/aromatic N) is 4. The Morgan fingerprint density at radius 3 is 2.57 bits per heavy atom. The topological polar surface area (TPSA) is 55.1 Å². The van der Waals surface area contributed by atoms with E-state index in [0.717, 1.165) is 37.3 Å². The lowest BCUT2D eigenvalue weighted by Crippen LogP contribution is -2.27. The predicted molar refractivity (Wildman–Crippen MR) is 103 cm³/mol. The summed E-state index contributed by atoms with van der Waals surface area (Å²) in [7, 11) is 0. The molecule has 1 N–H and O–H groups in total. The van der Waals surface area contributed by atoms with Gasteiger partial charge in [-0.3, -0.25) is 0 Å². The highest BCUT2D eigenvalue weighted by atomic mass is 19.1. The molecule has 1 saturated heterocycles. The molecule has 0 amide bonds. The van der Waals surface area contributed by atoms with Gasteiger partial charge in [0.05, 0.1) is 16.9 Å². The van der Waals surface area contributed by atoms with E-state index in [9.17, 15) is 8.78 Å². The number of piperidine rings is 1. The fraction of sp³-hybridized carbons (Fsp3) is 0.286. The molecule has 1 fully saturated rings. The summed E-state index contributed by atoms with van der Waals surface area (Å²) in [6, 6.07) is 6.36. The maximum atomic E-state index is 14.9. The van der Waals surface area contributed by atoms with E-state index in [-0.39, 0.29) is 11.5 Å². The first-order valence-electron chi connectivity index (χ1n) is 9.41. The van der Waals surface area contributed by atoms with Crippen LogP contribution < -0.4 is 5.32 Å². The maximum Gasteiger partial charge on any atom is 0.173 e. The number of imidazole rings is 1. The van der Waals surface area contributed by atoms with Crippen LogP contribution in [-0.4, -0.2) is 32.7 Å². The second-order valence-corrected chi connectivity index (χ2v) is 7.37. The Kier molecular flexibility index (Phi) is 4.05. The molecule has 5 rings (SSSR count). The van der Waals surface area contributed by atoms with Crippen molar-refractivity contribution < 1.29 is 8.78 Å². The van der Waals surface area contributed by atoms with Gasteiger partial charge in [-0.25, -0.2) is 13.8 Å². The summed E-state index contributed by atoms with van der Waals surface area (Å²) in [5.41, 5.74) is 3.40. The Bertz CT molecular complexity index is 1190. The van der Waals surface area contributed by atoms with Gasteiger partial charge in [0.15, 0.2) is 11.5 Å². The third-order valence-corrected chi connectivity index (χ3v) is 5.39. The van der Waals surface area contributed by atoms with Crippen molar-refractivity contribution >= 4 is 16.6 Å². The molecule has 0 spiro atoms. The number of benzene rings is 1. The molecule has 4 heterocycles. The van der Waals surface area contributed by atoms with E-state index in [4.69, 9.17) is 0 Å². The van der Waals surface area contributed by atoms with Gasteiger partial charge in [0.1, 0.15) is 5.82 Å². The van der Waals surface area contributed by atoms with Crippen LogP contribution in [0.4, 0.5) is 8.78 Å². The minimum Gasteiger partial charge on any atom is -0.317 e. The molecule has 0 aliphatic carbocycles. The zero-order valence-electron chi connectivity index (χ0n) is 15.4. The number of pyridine rings is 1. The highest BCUT2D eigenvalue weighted by molar-refractivity contribution is 5.85. The minimum absolute atomic E-state index is 0.258. The molecule has 0 radical (unpaired) electrons. The van der Waals surface area contributed by atoms with Gasteiger partial charge < -0.3 is 9.72 Å². The minimum atomic E-state index is -0.446. The Hall–Kier alpha value is -2.93. The summed E-state index contributed by atoms with van der Waals surface area (Å²) < 4.78 is 30.9. The van der Waals surface area contributed by atoms with Crippen LogP contribution in [0.25, 0.3) is 27.7 Å². The van der Waals surface area contributed by atoms with Gasteiger partial charge in [-0.15, -0.1) is 0 Å². The maximum absolute atomic E-state index is 14.9. The molecule has 1 aromatic carbocycles. The van der Waals surface area contributed by atoms with Crippen molar-refractivity contribution in [2.45, 2.75) is 25.7 Å². The fourth-order valence-electron chi connectivity index (χ4n) is 3.94. The van der Waals surface area contributed by atoms with Gasteiger partial charge in [-0.05, 0) is 62.7 Å². The van der Waals surface area contributed by atoms with Gasteiger partial charge >= 0.3 is 0 Å². The summed E-state index contributed by atoms with van der Waals surface area (Å²) in [5.74, 6) is -0.517. The predicted octanol–water partition coefficient (Wildman–Crippen LogP) is 4.00. The van der Waals surface area contributed by atoms with Crippen molar-refractivity contribution in [1.29, 1.82) is 0 Å². The molecule has 0 bridgehead atoms. The second kappa shape index (κ2) is 6.60. The summed E-state index contributed by atoms with van der Waals surface area (Å²) in [6.45, 7) is 3.68. The lowest BCUT2D eigenvalue weighted by molar-refractivity contribution is 0.451. The highest BCUT2D eigenvalue weighted by Crippen LogP contribution is 2.30. The number of halogens is 2. The van der Waals surface area contributed by atoms with Crippen molar-refractivity contribution in [2.24, 2.45) is 0 Å². The molecular weight excluding hydrogens is 360 g/mol. The zero-order chi connectivity index (χ0) is 19.3. The van der Waals surface area contributed by atoms with E-state index in [1.807, 2.05) is 0 Å². The fourth-order valence-corrected chi connectivity index (χ4v) is 3.94. The Morgan fingerprint density at radius 2 is 1.75 bits per heavy atom. The van der Waals surface area contributed by atoms with E-state index in [0.29, 0.717) is 27.9 Å². The van der Waals surface area contributed by atoms with Crippen LogP contribution in [0, 0.1) is 18.6 Å². The van der Waals surface area contributed by atoms with Crippen LogP contribution in [0.15, 0.2) is 36.7 Å². The van der Waals surface area contributed by atoms with Gasteiger partial charge in [0.2, 0.25) is 0 Å². The average Bonchev–Trinajstić information content (AvgIpc) is 3.09. The van der Waals surface area contributed by atoms with E-state index in [1.54, 1.807) is 35.9 Å².